The Kier molecular flexibility index (Phi) is 6.44. The van der Waals surface area contributed by atoms with E-state index in [1.807, 2.05) is 0 Å². The van der Waals surface area contributed by atoms with Crippen molar-refractivity contribution >= 4 is 61.3 Å². The number of nitrogens with two attached hydrogens (primary N) is 1. The van der Waals surface area contributed by atoms with Gasteiger partial charge in [-0.15, -0.1) is 0 Å². The Morgan fingerprint density at radius 2 is 1.94 bits per heavy atom. The molecule has 0 bridgehead atoms. The van der Waals surface area contributed by atoms with Crippen LogP contribution in [0.2, 0.25) is 10.0 Å². The van der Waals surface area contributed by atoms with Crippen LogP contribution in [-0.4, -0.2) is 25.9 Å². The van der Waals surface area contributed by atoms with Crippen molar-refractivity contribution in [2.45, 2.75) is 24.0 Å². The van der Waals surface area contributed by atoms with Crippen molar-refractivity contribution in [2.75, 3.05) is 16.2 Å². The highest BCUT2D eigenvalue weighted by atomic mass is 35.5. The smallest absolute Gasteiger partial charge is 0.366 e. The third-order valence-electron chi connectivity index (χ3n) is 5.09. The first-order valence-corrected chi connectivity index (χ1v) is 12.6. The van der Waals surface area contributed by atoms with Gasteiger partial charge in [0.05, 0.1) is 39.1 Å². The summed E-state index contributed by atoms with van der Waals surface area (Å²) < 4.78 is 67.6. The highest BCUT2D eigenvalue weighted by Crippen LogP contribution is 2.37. The quantitative estimate of drug-likeness (QED) is 0.468. The van der Waals surface area contributed by atoms with Crippen LogP contribution < -0.4 is 15.4 Å². The molecule has 0 aliphatic carbocycles. The number of alkyl halides is 3. The number of anilines is 2. The van der Waals surface area contributed by atoms with Crippen LogP contribution in [0.5, 0.6) is 0 Å². The first-order valence-electron chi connectivity index (χ1n) is 9.58. The summed E-state index contributed by atoms with van der Waals surface area (Å²) in [7, 11) is -4.09. The number of hydrogen-bond donors (Lipinski definition) is 2. The summed E-state index contributed by atoms with van der Waals surface area (Å²) in [5, 5.41) is 0.0136. The number of nitrogens with one attached hydrogen (secondary N) is 1. The lowest BCUT2D eigenvalue weighted by atomic mass is 10.0. The normalized spacial score (nSPS) is 14.1. The fourth-order valence-electron chi connectivity index (χ4n) is 3.48. The average molecular weight is 551 g/mol. The Balaban J connectivity index is 1.63. The van der Waals surface area contributed by atoms with E-state index in [1.165, 1.54) is 18.2 Å². The van der Waals surface area contributed by atoms with Crippen LogP contribution in [0.15, 0.2) is 41.3 Å². The maximum Gasteiger partial charge on any atom is 0.416 e. The SMILES string of the molecule is NC(=O)c1ccc(C(F)(F)F)cc1N1CCc2nc(NS(=O)(=O)c3cccc(Cl)c3Cl)sc2C1. The largest absolute Gasteiger partial charge is 0.416 e. The van der Waals surface area contributed by atoms with Crippen molar-refractivity contribution in [3.63, 3.8) is 0 Å². The lowest BCUT2D eigenvalue weighted by Gasteiger charge is -2.30. The van der Waals surface area contributed by atoms with Crippen LogP contribution >= 0.6 is 34.5 Å². The molecule has 0 saturated carbocycles. The van der Waals surface area contributed by atoms with Gasteiger partial charge in [-0.3, -0.25) is 9.52 Å². The number of aromatic nitrogens is 1. The molecule has 0 unspecified atom stereocenters. The molecule has 0 spiro atoms. The fourth-order valence-corrected chi connectivity index (χ4v) is 6.51. The molecule has 1 amide bonds. The number of carbonyl (C=O) groups is 1. The first kappa shape index (κ1) is 24.6. The number of hydrogen-bond acceptors (Lipinski definition) is 6. The van der Waals surface area contributed by atoms with E-state index in [2.05, 4.69) is 9.71 Å². The molecule has 2 aromatic carbocycles. The standard InChI is InChI=1S/C20H15Cl2F3N4O3S2/c21-12-2-1-3-16(17(12)22)34(31,32)28-19-27-13-6-7-29(9-15(13)33-19)14-8-10(20(23,24)25)4-5-11(14)18(26)30/h1-5,8H,6-7,9H2,(H2,26,30)(H,27,28). The molecule has 1 aromatic heterocycles. The summed E-state index contributed by atoms with van der Waals surface area (Å²) in [4.78, 5) is 18.1. The monoisotopic (exact) mass is 550 g/mol. The summed E-state index contributed by atoms with van der Waals surface area (Å²) in [5.41, 5.74) is 5.07. The molecule has 2 heterocycles. The van der Waals surface area contributed by atoms with Crippen molar-refractivity contribution in [3.05, 3.63) is 68.1 Å². The second-order valence-corrected chi connectivity index (χ2v) is 10.8. The minimum Gasteiger partial charge on any atom is -0.366 e. The molecule has 4 rings (SSSR count). The van der Waals surface area contributed by atoms with E-state index in [4.69, 9.17) is 28.9 Å². The molecule has 0 saturated heterocycles. The Morgan fingerprint density at radius 3 is 2.62 bits per heavy atom. The summed E-state index contributed by atoms with van der Waals surface area (Å²) in [6.45, 7) is 0.374. The molecule has 1 aliphatic heterocycles. The number of rotatable bonds is 5. The zero-order chi connectivity index (χ0) is 24.8. The zero-order valence-electron chi connectivity index (χ0n) is 17.0. The van der Waals surface area contributed by atoms with Crippen LogP contribution in [0.3, 0.4) is 0 Å². The predicted molar refractivity (Wildman–Crippen MR) is 124 cm³/mol. The van der Waals surface area contributed by atoms with Crippen LogP contribution in [0, 0.1) is 0 Å². The number of amides is 1. The number of halogens is 5. The van der Waals surface area contributed by atoms with E-state index in [-0.39, 0.29) is 44.4 Å². The van der Waals surface area contributed by atoms with Gasteiger partial charge in [-0.05, 0) is 30.3 Å². The Hall–Kier alpha value is -2.54. The summed E-state index contributed by atoms with van der Waals surface area (Å²) in [6.07, 6.45) is -4.27. The molecule has 14 heteroatoms. The maximum absolute atomic E-state index is 13.2. The van der Waals surface area contributed by atoms with Crippen molar-refractivity contribution in [1.29, 1.82) is 0 Å². The number of benzene rings is 2. The predicted octanol–water partition coefficient (Wildman–Crippen LogP) is 4.93. The van der Waals surface area contributed by atoms with E-state index < -0.39 is 27.7 Å². The summed E-state index contributed by atoms with van der Waals surface area (Å²) >= 11 is 13.0. The van der Waals surface area contributed by atoms with Gasteiger partial charge in [0, 0.05) is 17.8 Å². The van der Waals surface area contributed by atoms with Gasteiger partial charge < -0.3 is 10.6 Å². The number of thiazole rings is 1. The maximum atomic E-state index is 13.2. The highest BCUT2D eigenvalue weighted by molar-refractivity contribution is 7.93. The molecule has 34 heavy (non-hydrogen) atoms. The lowest BCUT2D eigenvalue weighted by Crippen LogP contribution is -2.32. The average Bonchev–Trinajstić information content (AvgIpc) is 3.15. The Bertz CT molecular complexity index is 1390. The highest BCUT2D eigenvalue weighted by Gasteiger charge is 2.33. The summed E-state index contributed by atoms with van der Waals surface area (Å²) in [6, 6.07) is 6.94. The van der Waals surface area contributed by atoms with E-state index >= 15 is 0 Å². The van der Waals surface area contributed by atoms with E-state index in [9.17, 15) is 26.4 Å². The first-order chi connectivity index (χ1) is 15.9. The number of primary amides is 1. The van der Waals surface area contributed by atoms with Gasteiger partial charge in [-0.25, -0.2) is 13.4 Å². The van der Waals surface area contributed by atoms with E-state index in [0.29, 0.717) is 17.0 Å². The summed E-state index contributed by atoms with van der Waals surface area (Å²) in [5.74, 6) is -0.856. The minimum atomic E-state index is -4.59. The van der Waals surface area contributed by atoms with Crippen LogP contribution in [0.1, 0.15) is 26.5 Å². The second kappa shape index (κ2) is 8.91. The molecule has 7 nitrogen and oxygen atoms in total. The third kappa shape index (κ3) is 4.81. The Morgan fingerprint density at radius 1 is 1.21 bits per heavy atom. The van der Waals surface area contributed by atoms with Gasteiger partial charge in [0.15, 0.2) is 5.13 Å². The van der Waals surface area contributed by atoms with Crippen molar-refractivity contribution in [1.82, 2.24) is 4.98 Å². The van der Waals surface area contributed by atoms with Gasteiger partial charge in [-0.2, -0.15) is 13.2 Å². The number of sulfonamides is 1. The van der Waals surface area contributed by atoms with Gasteiger partial charge >= 0.3 is 6.18 Å². The Labute approximate surface area is 206 Å². The molecular formula is C20H15Cl2F3N4O3S2. The third-order valence-corrected chi connectivity index (χ3v) is 8.53. The van der Waals surface area contributed by atoms with Crippen molar-refractivity contribution in [3.8, 4) is 0 Å². The molecule has 0 atom stereocenters. The number of fused-ring (bicyclic) bond motifs is 1. The van der Waals surface area contributed by atoms with E-state index in [0.717, 1.165) is 29.5 Å². The molecule has 3 N–H and O–H groups in total. The number of nitrogens with zero attached hydrogens (tertiary/aromatic N) is 2. The van der Waals surface area contributed by atoms with E-state index in [1.54, 1.807) is 4.90 Å². The van der Waals surface area contributed by atoms with Crippen molar-refractivity contribution < 1.29 is 26.4 Å². The lowest BCUT2D eigenvalue weighted by molar-refractivity contribution is -0.137. The molecule has 3 aromatic rings. The van der Waals surface area contributed by atoms with Gasteiger partial charge in [0.1, 0.15) is 4.90 Å². The molecular weight excluding hydrogens is 536 g/mol. The van der Waals surface area contributed by atoms with Crippen LogP contribution in [-0.2, 0) is 29.2 Å². The topological polar surface area (TPSA) is 105 Å². The van der Waals surface area contributed by atoms with Crippen LogP contribution in [0.4, 0.5) is 24.0 Å². The second-order valence-electron chi connectivity index (χ2n) is 7.31. The molecule has 0 radical (unpaired) electrons. The molecule has 1 aliphatic rings. The van der Waals surface area contributed by atoms with Crippen molar-refractivity contribution in [2.24, 2.45) is 5.73 Å². The van der Waals surface area contributed by atoms with Gasteiger partial charge in [0.25, 0.3) is 15.9 Å². The number of carbonyl (C=O) groups excluding carboxylic acids is 1. The minimum absolute atomic E-state index is 0.0440. The van der Waals surface area contributed by atoms with Crippen LogP contribution in [0.25, 0.3) is 0 Å². The van der Waals surface area contributed by atoms with Gasteiger partial charge in [-0.1, -0.05) is 40.6 Å². The zero-order valence-corrected chi connectivity index (χ0v) is 20.1. The molecule has 0 fully saturated rings. The molecule has 180 valence electrons. The fraction of sp³-hybridized carbons (Fsp3) is 0.200. The van der Waals surface area contributed by atoms with Gasteiger partial charge in [0.2, 0.25) is 0 Å².